The van der Waals surface area contributed by atoms with E-state index in [1.807, 2.05) is 24.1 Å². The highest BCUT2D eigenvalue weighted by atomic mass is 35.5. The Kier molecular flexibility index (Phi) is 8.40. The van der Waals surface area contributed by atoms with Crippen LogP contribution in [-0.4, -0.2) is 44.9 Å². The summed E-state index contributed by atoms with van der Waals surface area (Å²) in [6.07, 6.45) is 3.25. The van der Waals surface area contributed by atoms with Crippen molar-refractivity contribution in [2.24, 2.45) is 0 Å². The van der Waals surface area contributed by atoms with Crippen molar-refractivity contribution in [3.05, 3.63) is 99.2 Å². The lowest BCUT2D eigenvalue weighted by Crippen LogP contribution is -2.45. The number of benzene rings is 3. The van der Waals surface area contributed by atoms with Gasteiger partial charge >= 0.3 is 5.97 Å². The highest BCUT2D eigenvalue weighted by molar-refractivity contribution is 6.32. The summed E-state index contributed by atoms with van der Waals surface area (Å²) < 4.78 is 7.58. The van der Waals surface area contributed by atoms with Crippen molar-refractivity contribution in [1.82, 2.24) is 20.2 Å². The first-order valence-corrected chi connectivity index (χ1v) is 13.7. The molecule has 0 spiro atoms. The number of hydrazine groups is 1. The Bertz CT molecular complexity index is 1530. The van der Waals surface area contributed by atoms with Gasteiger partial charge in [-0.15, -0.1) is 0 Å². The van der Waals surface area contributed by atoms with E-state index in [9.17, 15) is 9.59 Å². The minimum Gasteiger partial charge on any atom is -0.489 e. The summed E-state index contributed by atoms with van der Waals surface area (Å²) in [7, 11) is 0. The molecule has 40 heavy (non-hydrogen) atoms. The summed E-state index contributed by atoms with van der Waals surface area (Å²) in [5, 5.41) is 16.7. The predicted molar refractivity (Wildman–Crippen MR) is 154 cm³/mol. The summed E-state index contributed by atoms with van der Waals surface area (Å²) in [5.74, 6) is -0.705. The Morgan fingerprint density at radius 1 is 0.975 bits per heavy atom. The number of hydrogen-bond donors (Lipinski definition) is 2. The van der Waals surface area contributed by atoms with Crippen LogP contribution in [0.25, 0.3) is 16.9 Å². The first-order chi connectivity index (χ1) is 19.3. The number of piperidine rings is 1. The van der Waals surface area contributed by atoms with Crippen molar-refractivity contribution in [3.8, 4) is 22.7 Å². The molecule has 0 atom stereocenters. The Morgan fingerprint density at radius 3 is 2.33 bits per heavy atom. The number of carbonyl (C=O) groups excluding carboxylic acids is 1. The largest absolute Gasteiger partial charge is 0.489 e. The number of aromatic nitrogens is 2. The molecule has 1 fully saturated rings. The van der Waals surface area contributed by atoms with Crippen LogP contribution < -0.4 is 10.2 Å². The van der Waals surface area contributed by atoms with Crippen molar-refractivity contribution in [2.75, 3.05) is 13.1 Å². The number of aromatic carboxylic acids is 1. The summed E-state index contributed by atoms with van der Waals surface area (Å²) in [4.78, 5) is 24.4. The predicted octanol–water partition coefficient (Wildman–Crippen LogP) is 6.56. The van der Waals surface area contributed by atoms with Gasteiger partial charge in [-0.3, -0.25) is 10.2 Å². The molecule has 3 aromatic carbocycles. The minimum absolute atomic E-state index is 0.214. The van der Waals surface area contributed by atoms with Crippen molar-refractivity contribution >= 4 is 35.1 Å². The molecule has 0 bridgehead atoms. The quantitative estimate of drug-likeness (QED) is 0.245. The molecule has 1 amide bonds. The van der Waals surface area contributed by atoms with E-state index in [0.717, 1.165) is 54.7 Å². The molecule has 8 nitrogen and oxygen atoms in total. The van der Waals surface area contributed by atoms with Gasteiger partial charge in [-0.2, -0.15) is 5.10 Å². The number of carboxylic acids is 1. The molecule has 0 radical (unpaired) electrons. The zero-order valence-corrected chi connectivity index (χ0v) is 23.4. The monoisotopic (exact) mass is 578 g/mol. The number of ether oxygens (including phenoxy) is 1. The second-order valence-corrected chi connectivity index (χ2v) is 10.5. The van der Waals surface area contributed by atoms with Crippen molar-refractivity contribution in [3.63, 3.8) is 0 Å². The van der Waals surface area contributed by atoms with E-state index < -0.39 is 5.97 Å². The van der Waals surface area contributed by atoms with E-state index >= 15 is 0 Å². The molecule has 10 heteroatoms. The second-order valence-electron chi connectivity index (χ2n) is 9.63. The molecule has 1 aliphatic rings. The first kappa shape index (κ1) is 27.7. The van der Waals surface area contributed by atoms with E-state index in [0.29, 0.717) is 27.2 Å². The van der Waals surface area contributed by atoms with E-state index in [-0.39, 0.29) is 18.1 Å². The van der Waals surface area contributed by atoms with Crippen LogP contribution in [0.5, 0.6) is 5.75 Å². The van der Waals surface area contributed by atoms with Gasteiger partial charge in [-0.1, -0.05) is 53.9 Å². The molecule has 4 aromatic rings. The maximum Gasteiger partial charge on any atom is 0.335 e. The second kappa shape index (κ2) is 12.1. The number of carbonyl (C=O) groups is 2. The molecule has 2 N–H and O–H groups in total. The SMILES string of the molecule is Cc1c(C(=O)NN2CCCCC2)nn(-c2ccc(OCc3ccc(C(=O)O)cc3)cc2Cl)c1-c1ccc(Cl)cc1. The van der Waals surface area contributed by atoms with Gasteiger partial charge in [-0.05, 0) is 61.7 Å². The van der Waals surface area contributed by atoms with E-state index in [1.54, 1.807) is 47.1 Å². The number of nitrogens with one attached hydrogen (secondary N) is 1. The van der Waals surface area contributed by atoms with Crippen LogP contribution in [0.4, 0.5) is 0 Å². The maximum absolute atomic E-state index is 13.3. The van der Waals surface area contributed by atoms with Crippen LogP contribution in [0.3, 0.4) is 0 Å². The molecule has 1 aromatic heterocycles. The highest BCUT2D eigenvalue weighted by Crippen LogP contribution is 2.34. The van der Waals surface area contributed by atoms with Crippen molar-refractivity contribution in [2.45, 2.75) is 32.8 Å². The number of amides is 1. The molecular formula is C30H28Cl2N4O4. The summed E-state index contributed by atoms with van der Waals surface area (Å²) >= 11 is 12.9. The summed E-state index contributed by atoms with van der Waals surface area (Å²) in [6.45, 7) is 3.74. The third kappa shape index (κ3) is 6.14. The number of rotatable bonds is 8. The zero-order valence-electron chi connectivity index (χ0n) is 21.9. The molecule has 1 saturated heterocycles. The third-order valence-corrected chi connectivity index (χ3v) is 7.38. The number of halogens is 2. The van der Waals surface area contributed by atoms with Crippen LogP contribution >= 0.6 is 23.2 Å². The van der Waals surface area contributed by atoms with Gasteiger partial charge in [0, 0.05) is 35.3 Å². The zero-order chi connectivity index (χ0) is 28.2. The molecular weight excluding hydrogens is 551 g/mol. The van der Waals surface area contributed by atoms with Gasteiger partial charge in [0.25, 0.3) is 5.91 Å². The van der Waals surface area contributed by atoms with Crippen LogP contribution in [0.15, 0.2) is 66.7 Å². The number of nitrogens with zero attached hydrogens (tertiary/aromatic N) is 3. The smallest absolute Gasteiger partial charge is 0.335 e. The number of carboxylic acid groups (broad SMARTS) is 1. The Labute approximate surface area is 242 Å². The molecule has 206 valence electrons. The lowest BCUT2D eigenvalue weighted by Gasteiger charge is -2.26. The average Bonchev–Trinajstić information content (AvgIpc) is 3.30. The van der Waals surface area contributed by atoms with Gasteiger partial charge in [-0.25, -0.2) is 14.5 Å². The van der Waals surface area contributed by atoms with Gasteiger partial charge in [0.15, 0.2) is 5.69 Å². The molecule has 0 unspecified atom stereocenters. The highest BCUT2D eigenvalue weighted by Gasteiger charge is 2.25. The fourth-order valence-corrected chi connectivity index (χ4v) is 5.07. The lowest BCUT2D eigenvalue weighted by atomic mass is 10.1. The fraction of sp³-hybridized carbons (Fsp3) is 0.233. The standard InChI is InChI=1S/C30H28Cl2N4O4/c1-19-27(29(37)34-35-15-3-2-4-16-35)33-36(28(19)21-9-11-23(31)12-10-21)26-14-13-24(17-25(26)32)40-18-20-5-7-22(8-6-20)30(38)39/h5-14,17H,2-4,15-16,18H2,1H3,(H,34,37)(H,38,39). The lowest BCUT2D eigenvalue weighted by molar-refractivity contribution is 0.0695. The third-order valence-electron chi connectivity index (χ3n) is 6.82. The Hall–Kier alpha value is -3.85. The average molecular weight is 579 g/mol. The topological polar surface area (TPSA) is 96.7 Å². The van der Waals surface area contributed by atoms with E-state index in [4.69, 9.17) is 38.1 Å². The van der Waals surface area contributed by atoms with Gasteiger partial charge in [0.1, 0.15) is 12.4 Å². The van der Waals surface area contributed by atoms with Crippen molar-refractivity contribution in [1.29, 1.82) is 0 Å². The number of hydrogen-bond acceptors (Lipinski definition) is 5. The van der Waals surface area contributed by atoms with Gasteiger partial charge < -0.3 is 9.84 Å². The van der Waals surface area contributed by atoms with Gasteiger partial charge in [0.2, 0.25) is 0 Å². The molecule has 2 heterocycles. The van der Waals surface area contributed by atoms with E-state index in [2.05, 4.69) is 5.43 Å². The molecule has 1 aliphatic heterocycles. The van der Waals surface area contributed by atoms with E-state index in [1.165, 1.54) is 12.1 Å². The van der Waals surface area contributed by atoms with Crippen LogP contribution in [0.2, 0.25) is 10.0 Å². The molecule has 0 saturated carbocycles. The van der Waals surface area contributed by atoms with Gasteiger partial charge in [0.05, 0.1) is 22.0 Å². The van der Waals surface area contributed by atoms with Crippen LogP contribution in [0.1, 0.15) is 51.2 Å². The first-order valence-electron chi connectivity index (χ1n) is 13.0. The normalized spacial score (nSPS) is 13.7. The maximum atomic E-state index is 13.3. The molecule has 0 aliphatic carbocycles. The Balaban J connectivity index is 1.44. The summed E-state index contributed by atoms with van der Waals surface area (Å²) in [5.41, 5.74) is 7.24. The Morgan fingerprint density at radius 2 is 1.68 bits per heavy atom. The van der Waals surface area contributed by atoms with Crippen LogP contribution in [-0.2, 0) is 6.61 Å². The fourth-order valence-electron chi connectivity index (χ4n) is 4.69. The van der Waals surface area contributed by atoms with Crippen LogP contribution in [0, 0.1) is 6.92 Å². The molecule has 5 rings (SSSR count). The summed E-state index contributed by atoms with van der Waals surface area (Å²) in [6, 6.07) is 19.1. The van der Waals surface area contributed by atoms with Crippen molar-refractivity contribution < 1.29 is 19.4 Å². The minimum atomic E-state index is -0.978.